The van der Waals surface area contributed by atoms with Crippen molar-refractivity contribution < 1.29 is 5.21 Å². The first kappa shape index (κ1) is 10.3. The van der Waals surface area contributed by atoms with Gasteiger partial charge in [-0.15, -0.1) is 11.8 Å². The van der Waals surface area contributed by atoms with Gasteiger partial charge < -0.3 is 10.1 Å². The lowest BCUT2D eigenvalue weighted by atomic mass is 9.90. The van der Waals surface area contributed by atoms with Crippen molar-refractivity contribution in [1.82, 2.24) is 4.90 Å². The van der Waals surface area contributed by atoms with E-state index in [-0.39, 0.29) is 0 Å². The van der Waals surface area contributed by atoms with E-state index in [2.05, 4.69) is 24.0 Å². The number of nitrogens with zero attached hydrogens (tertiary/aromatic N) is 2. The molecule has 0 aromatic rings. The Labute approximate surface area is 89.5 Å². The summed E-state index contributed by atoms with van der Waals surface area (Å²) in [5.74, 6) is 0. The Balaban J connectivity index is 2.06. The largest absolute Gasteiger partial charge is 0.411 e. The first-order valence-corrected chi connectivity index (χ1v) is 6.10. The van der Waals surface area contributed by atoms with Crippen molar-refractivity contribution in [1.29, 1.82) is 0 Å². The predicted molar refractivity (Wildman–Crippen MR) is 60.4 cm³/mol. The molecule has 2 heterocycles. The zero-order valence-corrected chi connectivity index (χ0v) is 9.68. The van der Waals surface area contributed by atoms with Gasteiger partial charge in [-0.2, -0.15) is 0 Å². The van der Waals surface area contributed by atoms with E-state index in [9.17, 15) is 0 Å². The molecule has 2 aliphatic heterocycles. The second kappa shape index (κ2) is 3.74. The molecule has 80 valence electrons. The van der Waals surface area contributed by atoms with Crippen molar-refractivity contribution >= 4 is 17.5 Å². The minimum atomic E-state index is 0.382. The highest BCUT2D eigenvalue weighted by atomic mass is 32.2. The number of piperidine rings is 1. The van der Waals surface area contributed by atoms with Crippen molar-refractivity contribution in [3.63, 3.8) is 0 Å². The molecule has 0 saturated carbocycles. The van der Waals surface area contributed by atoms with Crippen LogP contribution in [0.2, 0.25) is 0 Å². The Morgan fingerprint density at radius 1 is 1.50 bits per heavy atom. The van der Waals surface area contributed by atoms with Crippen molar-refractivity contribution in [2.75, 3.05) is 20.1 Å². The van der Waals surface area contributed by atoms with E-state index in [0.29, 0.717) is 10.00 Å². The molecule has 1 unspecified atom stereocenters. The number of hydrogen-bond acceptors (Lipinski definition) is 4. The van der Waals surface area contributed by atoms with Crippen LogP contribution in [0.1, 0.15) is 26.2 Å². The number of rotatable bonds is 0. The standard InChI is InChI=1S/C10H18N2OS/c1-8-9(11-13)7-10(14-8)3-5-12(2)6-4-10/h8,13H,3-7H2,1-2H3/b11-9-. The van der Waals surface area contributed by atoms with Crippen molar-refractivity contribution in [3.05, 3.63) is 0 Å². The SMILES string of the molecule is CC1SC2(CCN(C)CC2)C/C1=N/O. The first-order valence-electron chi connectivity index (χ1n) is 5.22. The van der Waals surface area contributed by atoms with Crippen LogP contribution < -0.4 is 0 Å². The second-order valence-corrected chi connectivity index (χ2v) is 6.32. The molecule has 0 amide bonds. The molecule has 4 heteroatoms. The molecule has 2 aliphatic rings. The molecule has 0 radical (unpaired) electrons. The van der Waals surface area contributed by atoms with Crippen LogP contribution in [-0.4, -0.2) is 46.0 Å². The van der Waals surface area contributed by atoms with E-state index in [1.165, 1.54) is 25.9 Å². The van der Waals surface area contributed by atoms with E-state index >= 15 is 0 Å². The van der Waals surface area contributed by atoms with Gasteiger partial charge in [-0.25, -0.2) is 0 Å². The molecule has 0 aromatic carbocycles. The highest BCUT2D eigenvalue weighted by Crippen LogP contribution is 2.47. The molecule has 2 rings (SSSR count). The van der Waals surface area contributed by atoms with Gasteiger partial charge in [0.05, 0.1) is 5.71 Å². The summed E-state index contributed by atoms with van der Waals surface area (Å²) in [7, 11) is 2.18. The summed E-state index contributed by atoms with van der Waals surface area (Å²) >= 11 is 2.01. The fourth-order valence-electron chi connectivity index (χ4n) is 2.40. The predicted octanol–water partition coefficient (Wildman–Crippen LogP) is 1.81. The summed E-state index contributed by atoms with van der Waals surface area (Å²) in [5, 5.41) is 12.7. The lowest BCUT2D eigenvalue weighted by Gasteiger charge is -2.36. The van der Waals surface area contributed by atoms with E-state index in [0.717, 1.165) is 12.1 Å². The summed E-state index contributed by atoms with van der Waals surface area (Å²) in [5.41, 5.74) is 0.986. The third-order valence-corrected chi connectivity index (χ3v) is 5.10. The molecule has 1 spiro atoms. The molecule has 0 bridgehead atoms. The molecule has 2 fully saturated rings. The highest BCUT2D eigenvalue weighted by molar-refractivity contribution is 8.02. The second-order valence-electron chi connectivity index (χ2n) is 4.51. The summed E-state index contributed by atoms with van der Waals surface area (Å²) in [6.07, 6.45) is 3.46. The third-order valence-electron chi connectivity index (χ3n) is 3.43. The number of likely N-dealkylation sites (tertiary alicyclic amines) is 1. The van der Waals surface area contributed by atoms with Crippen LogP contribution in [0.5, 0.6) is 0 Å². The van der Waals surface area contributed by atoms with Gasteiger partial charge in [0.2, 0.25) is 0 Å². The molecule has 3 nitrogen and oxygen atoms in total. The van der Waals surface area contributed by atoms with Gasteiger partial charge in [0.15, 0.2) is 0 Å². The molecule has 14 heavy (non-hydrogen) atoms. The number of oxime groups is 1. The van der Waals surface area contributed by atoms with Gasteiger partial charge in [0.25, 0.3) is 0 Å². The van der Waals surface area contributed by atoms with Crippen LogP contribution in [-0.2, 0) is 0 Å². The fourth-order valence-corrected chi connectivity index (χ4v) is 4.06. The smallest absolute Gasteiger partial charge is 0.0711 e. The summed E-state index contributed by atoms with van der Waals surface area (Å²) in [6.45, 7) is 4.50. The third kappa shape index (κ3) is 1.77. The van der Waals surface area contributed by atoms with E-state index < -0.39 is 0 Å². The van der Waals surface area contributed by atoms with Gasteiger partial charge in [-0.05, 0) is 39.9 Å². The Kier molecular flexibility index (Phi) is 2.75. The van der Waals surface area contributed by atoms with Gasteiger partial charge >= 0.3 is 0 Å². The first-order chi connectivity index (χ1) is 6.65. The quantitative estimate of drug-likeness (QED) is 0.493. The molecular weight excluding hydrogens is 196 g/mol. The highest BCUT2D eigenvalue weighted by Gasteiger charge is 2.43. The maximum absolute atomic E-state index is 8.87. The van der Waals surface area contributed by atoms with Crippen LogP contribution in [0.15, 0.2) is 5.16 Å². The molecule has 1 atom stereocenters. The summed E-state index contributed by atoms with van der Waals surface area (Å²) in [6, 6.07) is 0. The van der Waals surface area contributed by atoms with Crippen LogP contribution in [0, 0.1) is 0 Å². The number of thioether (sulfide) groups is 1. The summed E-state index contributed by atoms with van der Waals surface area (Å²) in [4.78, 5) is 2.38. The van der Waals surface area contributed by atoms with Gasteiger partial charge in [-0.3, -0.25) is 0 Å². The lowest BCUT2D eigenvalue weighted by molar-refractivity contribution is 0.242. The lowest BCUT2D eigenvalue weighted by Crippen LogP contribution is -2.39. The normalized spacial score (nSPS) is 35.6. The minimum Gasteiger partial charge on any atom is -0.411 e. The van der Waals surface area contributed by atoms with Crippen LogP contribution in [0.3, 0.4) is 0 Å². The average Bonchev–Trinajstić information content (AvgIpc) is 2.49. The maximum Gasteiger partial charge on any atom is 0.0711 e. The van der Waals surface area contributed by atoms with Crippen LogP contribution in [0.4, 0.5) is 0 Å². The Morgan fingerprint density at radius 3 is 2.64 bits per heavy atom. The van der Waals surface area contributed by atoms with Gasteiger partial charge in [-0.1, -0.05) is 5.16 Å². The monoisotopic (exact) mass is 214 g/mol. The number of hydrogen-bond donors (Lipinski definition) is 1. The average molecular weight is 214 g/mol. The Morgan fingerprint density at radius 2 is 2.14 bits per heavy atom. The Bertz CT molecular complexity index is 247. The topological polar surface area (TPSA) is 35.8 Å². The van der Waals surface area contributed by atoms with Crippen molar-refractivity contribution in [2.45, 2.75) is 36.2 Å². The molecule has 2 saturated heterocycles. The van der Waals surface area contributed by atoms with Gasteiger partial charge in [0.1, 0.15) is 0 Å². The summed E-state index contributed by atoms with van der Waals surface area (Å²) < 4.78 is 0.382. The maximum atomic E-state index is 8.87. The molecule has 0 aliphatic carbocycles. The Hall–Kier alpha value is -0.220. The van der Waals surface area contributed by atoms with Crippen molar-refractivity contribution in [2.24, 2.45) is 5.16 Å². The van der Waals surface area contributed by atoms with E-state index in [1.54, 1.807) is 0 Å². The van der Waals surface area contributed by atoms with E-state index in [4.69, 9.17) is 5.21 Å². The van der Waals surface area contributed by atoms with Gasteiger partial charge in [0, 0.05) is 16.4 Å². The van der Waals surface area contributed by atoms with Crippen LogP contribution >= 0.6 is 11.8 Å². The van der Waals surface area contributed by atoms with Crippen molar-refractivity contribution in [3.8, 4) is 0 Å². The minimum absolute atomic E-state index is 0.382. The molecular formula is C10H18N2OS. The zero-order chi connectivity index (χ0) is 10.2. The fraction of sp³-hybridized carbons (Fsp3) is 0.900. The molecule has 1 N–H and O–H groups in total. The zero-order valence-electron chi connectivity index (χ0n) is 8.86. The van der Waals surface area contributed by atoms with E-state index in [1.807, 2.05) is 11.8 Å². The molecule has 0 aromatic heterocycles. The van der Waals surface area contributed by atoms with Crippen LogP contribution in [0.25, 0.3) is 0 Å².